The van der Waals surface area contributed by atoms with E-state index < -0.39 is 0 Å². The van der Waals surface area contributed by atoms with Crippen molar-refractivity contribution in [2.24, 2.45) is 17.1 Å². The number of rotatable bonds is 4. The molecule has 3 nitrogen and oxygen atoms in total. The summed E-state index contributed by atoms with van der Waals surface area (Å²) in [5.41, 5.74) is 7.45. The van der Waals surface area contributed by atoms with Crippen molar-refractivity contribution in [2.45, 2.75) is 60.3 Å². The fourth-order valence-electron chi connectivity index (χ4n) is 3.19. The molecule has 1 atom stereocenters. The lowest BCUT2D eigenvalue weighted by atomic mass is 9.73. The van der Waals surface area contributed by atoms with Gasteiger partial charge in [0.2, 0.25) is 0 Å². The Bertz CT molecular complexity index is 506. The fraction of sp³-hybridized carbons (Fsp3) is 0.591. The number of benzene rings is 1. The molecule has 25 heavy (non-hydrogen) atoms. The maximum absolute atomic E-state index is 11.5. The second-order valence-electron chi connectivity index (χ2n) is 7.35. The van der Waals surface area contributed by atoms with Gasteiger partial charge in [0.15, 0.2) is 5.78 Å². The Morgan fingerprint density at radius 2 is 1.88 bits per heavy atom. The van der Waals surface area contributed by atoms with Crippen LogP contribution in [0.25, 0.3) is 0 Å². The SMILES string of the molecule is CC.CC1CCCC(C)(C)C1.CNC/C(N)=C/C(=O)c1ccccc1. The van der Waals surface area contributed by atoms with E-state index in [1.54, 1.807) is 19.2 Å². The summed E-state index contributed by atoms with van der Waals surface area (Å²) in [6.07, 6.45) is 7.24. The number of ketones is 1. The minimum absolute atomic E-state index is 0.0571. The van der Waals surface area contributed by atoms with E-state index in [1.165, 1.54) is 31.8 Å². The molecule has 0 spiro atoms. The van der Waals surface area contributed by atoms with Crippen molar-refractivity contribution >= 4 is 5.78 Å². The van der Waals surface area contributed by atoms with Gasteiger partial charge in [-0.3, -0.25) is 4.79 Å². The summed E-state index contributed by atoms with van der Waals surface area (Å²) < 4.78 is 0. The molecule has 0 amide bonds. The Morgan fingerprint density at radius 1 is 1.28 bits per heavy atom. The Morgan fingerprint density at radius 3 is 2.32 bits per heavy atom. The van der Waals surface area contributed by atoms with Crippen LogP contribution < -0.4 is 11.1 Å². The lowest BCUT2D eigenvalue weighted by Gasteiger charge is -2.33. The van der Waals surface area contributed by atoms with Crippen LogP contribution in [0.2, 0.25) is 0 Å². The van der Waals surface area contributed by atoms with Crippen LogP contribution in [0.5, 0.6) is 0 Å². The summed E-state index contributed by atoms with van der Waals surface area (Å²) >= 11 is 0. The molecule has 3 heteroatoms. The summed E-state index contributed by atoms with van der Waals surface area (Å²) in [6, 6.07) is 9.07. The Hall–Kier alpha value is -1.61. The van der Waals surface area contributed by atoms with Crippen molar-refractivity contribution in [3.8, 4) is 0 Å². The Kier molecular flexibility index (Phi) is 11.9. The molecular weight excluding hydrogens is 308 g/mol. The normalized spacial score (nSPS) is 19.0. The molecule has 0 heterocycles. The van der Waals surface area contributed by atoms with Gasteiger partial charge in [0.25, 0.3) is 0 Å². The first-order valence-corrected chi connectivity index (χ1v) is 9.54. The molecule has 1 aliphatic carbocycles. The van der Waals surface area contributed by atoms with Crippen molar-refractivity contribution in [3.05, 3.63) is 47.7 Å². The first-order valence-electron chi connectivity index (χ1n) is 9.54. The molecule has 0 aromatic heterocycles. The highest BCUT2D eigenvalue weighted by atomic mass is 16.1. The lowest BCUT2D eigenvalue weighted by molar-refractivity contribution is 0.104. The highest BCUT2D eigenvalue weighted by Crippen LogP contribution is 2.37. The molecule has 1 aliphatic rings. The molecule has 0 radical (unpaired) electrons. The summed E-state index contributed by atoms with van der Waals surface area (Å²) in [7, 11) is 1.79. The molecule has 1 unspecified atom stereocenters. The Labute approximate surface area is 155 Å². The van der Waals surface area contributed by atoms with E-state index in [0.717, 1.165) is 5.92 Å². The summed E-state index contributed by atoms with van der Waals surface area (Å²) in [4.78, 5) is 11.5. The maximum Gasteiger partial charge on any atom is 0.187 e. The number of carbonyl (C=O) groups is 1. The van der Waals surface area contributed by atoms with E-state index in [0.29, 0.717) is 23.2 Å². The predicted octanol–water partition coefficient (Wildman–Crippen LogP) is 5.18. The van der Waals surface area contributed by atoms with Crippen molar-refractivity contribution in [1.82, 2.24) is 5.32 Å². The van der Waals surface area contributed by atoms with Gasteiger partial charge in [-0.25, -0.2) is 0 Å². The molecule has 1 saturated carbocycles. The number of nitrogens with two attached hydrogens (primary N) is 1. The van der Waals surface area contributed by atoms with Gasteiger partial charge in [-0.05, 0) is 31.2 Å². The molecule has 1 aromatic rings. The molecule has 1 aromatic carbocycles. The van der Waals surface area contributed by atoms with Gasteiger partial charge in [-0.2, -0.15) is 0 Å². The molecule has 2 rings (SSSR count). The van der Waals surface area contributed by atoms with E-state index in [4.69, 9.17) is 5.73 Å². The molecular formula is C22H38N2O. The van der Waals surface area contributed by atoms with Crippen LogP contribution in [0.15, 0.2) is 42.1 Å². The topological polar surface area (TPSA) is 55.1 Å². The minimum atomic E-state index is -0.0571. The van der Waals surface area contributed by atoms with Gasteiger partial charge in [0.1, 0.15) is 0 Å². The van der Waals surface area contributed by atoms with Crippen LogP contribution in [-0.2, 0) is 0 Å². The summed E-state index contributed by atoms with van der Waals surface area (Å²) in [5, 5.41) is 2.88. The number of nitrogens with one attached hydrogen (secondary N) is 1. The monoisotopic (exact) mass is 346 g/mol. The zero-order valence-corrected chi connectivity index (χ0v) is 17.1. The van der Waals surface area contributed by atoms with Gasteiger partial charge in [0.05, 0.1) is 0 Å². The van der Waals surface area contributed by atoms with Gasteiger partial charge in [-0.15, -0.1) is 0 Å². The molecule has 142 valence electrons. The average Bonchev–Trinajstić information content (AvgIpc) is 2.57. The largest absolute Gasteiger partial charge is 0.401 e. The third-order valence-corrected chi connectivity index (χ3v) is 4.21. The highest BCUT2D eigenvalue weighted by molar-refractivity contribution is 6.04. The fourth-order valence-corrected chi connectivity index (χ4v) is 3.19. The Balaban J connectivity index is 0.000000451. The van der Waals surface area contributed by atoms with Gasteiger partial charge < -0.3 is 11.1 Å². The highest BCUT2D eigenvalue weighted by Gasteiger charge is 2.24. The molecule has 0 bridgehead atoms. The van der Waals surface area contributed by atoms with Crippen LogP contribution in [-0.4, -0.2) is 19.4 Å². The quantitative estimate of drug-likeness (QED) is 0.583. The van der Waals surface area contributed by atoms with E-state index in [2.05, 4.69) is 26.1 Å². The molecule has 0 aliphatic heterocycles. The van der Waals surface area contributed by atoms with Crippen LogP contribution in [0.1, 0.15) is 70.7 Å². The van der Waals surface area contributed by atoms with Crippen molar-refractivity contribution in [3.63, 3.8) is 0 Å². The zero-order valence-electron chi connectivity index (χ0n) is 17.1. The number of hydrogen-bond donors (Lipinski definition) is 2. The molecule has 0 saturated heterocycles. The number of carbonyl (C=O) groups excluding carboxylic acids is 1. The minimum Gasteiger partial charge on any atom is -0.401 e. The summed E-state index contributed by atoms with van der Waals surface area (Å²) in [6.45, 7) is 11.7. The maximum atomic E-state index is 11.5. The number of hydrogen-bond acceptors (Lipinski definition) is 3. The van der Waals surface area contributed by atoms with Crippen LogP contribution in [0.3, 0.4) is 0 Å². The third kappa shape index (κ3) is 10.8. The average molecular weight is 347 g/mol. The first-order chi connectivity index (χ1) is 11.8. The summed E-state index contributed by atoms with van der Waals surface area (Å²) in [5.74, 6) is 0.923. The lowest BCUT2D eigenvalue weighted by Crippen LogP contribution is -2.20. The second-order valence-corrected chi connectivity index (χ2v) is 7.35. The molecule has 3 N–H and O–H groups in total. The van der Waals surface area contributed by atoms with Gasteiger partial charge in [-0.1, -0.05) is 77.8 Å². The number of allylic oxidation sites excluding steroid dienone is 1. The first kappa shape index (κ1) is 23.4. The van der Waals surface area contributed by atoms with Crippen molar-refractivity contribution in [2.75, 3.05) is 13.6 Å². The second kappa shape index (κ2) is 12.7. The standard InChI is InChI=1S/C11H14N2O.C9H18.C2H6/c1-13-8-10(12)7-11(14)9-5-3-2-4-6-9;1-8-5-4-6-9(2,3)7-8;1-2/h2-7,13H,8,12H2,1H3;8H,4-7H2,1-3H3;1-2H3/b10-7-;;. The smallest absolute Gasteiger partial charge is 0.187 e. The van der Waals surface area contributed by atoms with E-state index in [9.17, 15) is 4.79 Å². The molecule has 1 fully saturated rings. The van der Waals surface area contributed by atoms with Crippen molar-refractivity contribution < 1.29 is 4.79 Å². The third-order valence-electron chi connectivity index (χ3n) is 4.21. The van der Waals surface area contributed by atoms with Gasteiger partial charge >= 0.3 is 0 Å². The van der Waals surface area contributed by atoms with E-state index >= 15 is 0 Å². The zero-order chi connectivity index (χ0) is 19.3. The van der Waals surface area contributed by atoms with Crippen LogP contribution in [0.4, 0.5) is 0 Å². The predicted molar refractivity (Wildman–Crippen MR) is 110 cm³/mol. The van der Waals surface area contributed by atoms with E-state index in [-0.39, 0.29) is 5.78 Å². The van der Waals surface area contributed by atoms with Gasteiger partial charge in [0, 0.05) is 23.9 Å². The van der Waals surface area contributed by atoms with Crippen LogP contribution >= 0.6 is 0 Å². The number of likely N-dealkylation sites (N-methyl/N-ethyl adjacent to an activating group) is 1. The van der Waals surface area contributed by atoms with Crippen LogP contribution in [0, 0.1) is 11.3 Å². The van der Waals surface area contributed by atoms with E-state index in [1.807, 2.05) is 32.0 Å². The van der Waals surface area contributed by atoms with Crippen molar-refractivity contribution in [1.29, 1.82) is 0 Å².